The lowest BCUT2D eigenvalue weighted by atomic mass is 10.4. The van der Waals surface area contributed by atoms with E-state index < -0.39 is 0 Å². The van der Waals surface area contributed by atoms with E-state index in [0.717, 1.165) is 17.6 Å². The summed E-state index contributed by atoms with van der Waals surface area (Å²) < 4.78 is 11.5. The fraction of sp³-hybridized carbons (Fsp3) is 0.923. The summed E-state index contributed by atoms with van der Waals surface area (Å²) in [6, 6.07) is 0. The van der Waals surface area contributed by atoms with Crippen LogP contribution < -0.4 is 5.32 Å². The lowest BCUT2D eigenvalue weighted by Crippen LogP contribution is -2.37. The fourth-order valence-electron chi connectivity index (χ4n) is 0.950. The Morgan fingerprint density at radius 2 is 1.50 bits per heavy atom. The maximum absolute atomic E-state index is 10.8. The number of hydrogen-bond donors (Lipinski definition) is 1. The first-order chi connectivity index (χ1) is 8.45. The molecule has 0 saturated carbocycles. The minimum Gasteiger partial charge on any atom is -0.379 e. The van der Waals surface area contributed by atoms with E-state index in [-0.39, 0.29) is 5.91 Å². The van der Waals surface area contributed by atoms with Gasteiger partial charge >= 0.3 is 0 Å². The van der Waals surface area contributed by atoms with Crippen molar-refractivity contribution in [1.82, 2.24) is 5.32 Å². The summed E-state index contributed by atoms with van der Waals surface area (Å²) in [6.45, 7) is 7.32. The highest BCUT2D eigenvalue weighted by molar-refractivity contribution is 5.75. The lowest BCUT2D eigenvalue weighted by molar-refractivity contribution is -0.870. The summed E-state index contributed by atoms with van der Waals surface area (Å²) in [5.74, 6) is 0.00551. The monoisotopic (exact) mass is 263 g/mol. The Hall–Kier alpha value is -0.650. The number of nitrogens with zero attached hydrogens (tertiary/aromatic N) is 1. The van der Waals surface area contributed by atoms with Gasteiger partial charge in [-0.3, -0.25) is 4.79 Å². The van der Waals surface area contributed by atoms with Gasteiger partial charge in [0.2, 0.25) is 5.91 Å². The predicted octanol–water partition coefficient (Wildman–Crippen LogP) is 0.888. The van der Waals surface area contributed by atoms with Crippen LogP contribution in [0, 0.1) is 0 Å². The molecule has 0 rings (SSSR count). The molecule has 110 valence electrons. The van der Waals surface area contributed by atoms with Gasteiger partial charge in [0.05, 0.1) is 47.6 Å². The molecular formula is C13H31N2O3+. The first-order valence-corrected chi connectivity index (χ1v) is 6.62. The highest BCUT2D eigenvalue weighted by atomic mass is 16.5. The first-order valence-electron chi connectivity index (χ1n) is 6.62. The Labute approximate surface area is 112 Å². The first kappa shape index (κ1) is 19.7. The number of nitrogens with one attached hydrogen (secondary N) is 1. The Kier molecular flexibility index (Phi) is 14.0. The van der Waals surface area contributed by atoms with Crippen LogP contribution in [0.25, 0.3) is 0 Å². The lowest BCUT2D eigenvalue weighted by Gasteiger charge is -2.23. The van der Waals surface area contributed by atoms with Crippen molar-refractivity contribution >= 4 is 5.91 Å². The Bertz CT molecular complexity index is 191. The van der Waals surface area contributed by atoms with Crippen molar-refractivity contribution in [2.45, 2.75) is 20.3 Å². The van der Waals surface area contributed by atoms with Crippen molar-refractivity contribution in [3.8, 4) is 0 Å². The molecule has 18 heavy (non-hydrogen) atoms. The van der Waals surface area contributed by atoms with E-state index in [1.54, 1.807) is 7.05 Å². The summed E-state index contributed by atoms with van der Waals surface area (Å²) in [4.78, 5) is 10.8. The topological polar surface area (TPSA) is 47.6 Å². The van der Waals surface area contributed by atoms with Gasteiger partial charge in [0.1, 0.15) is 6.54 Å². The van der Waals surface area contributed by atoms with Crippen molar-refractivity contribution in [3.05, 3.63) is 0 Å². The number of quaternary nitrogens is 1. The van der Waals surface area contributed by atoms with E-state index in [2.05, 4.69) is 26.5 Å². The summed E-state index contributed by atoms with van der Waals surface area (Å²) in [7, 11) is 8.01. The molecule has 5 heteroatoms. The smallest absolute Gasteiger partial charge is 0.222 e. The molecule has 0 saturated heterocycles. The van der Waals surface area contributed by atoms with Gasteiger partial charge in [0, 0.05) is 13.5 Å². The van der Waals surface area contributed by atoms with E-state index >= 15 is 0 Å². The second-order valence-corrected chi connectivity index (χ2v) is 4.66. The number of rotatable bonds is 9. The Morgan fingerprint density at radius 1 is 1.00 bits per heavy atom. The van der Waals surface area contributed by atoms with Crippen LogP contribution >= 0.6 is 0 Å². The molecule has 0 fully saturated rings. The highest BCUT2D eigenvalue weighted by Crippen LogP contribution is 1.90. The van der Waals surface area contributed by atoms with Crippen LogP contribution in [-0.2, 0) is 14.3 Å². The zero-order chi connectivity index (χ0) is 14.4. The molecule has 0 spiro atoms. The SMILES string of the molecule is CC.CNC(=O)CCOCCOCC[N+](C)(C)C. The average Bonchev–Trinajstić information content (AvgIpc) is 2.33. The van der Waals surface area contributed by atoms with Gasteiger partial charge in [-0.1, -0.05) is 13.8 Å². The van der Waals surface area contributed by atoms with Crippen molar-refractivity contribution in [3.63, 3.8) is 0 Å². The van der Waals surface area contributed by atoms with Gasteiger partial charge in [-0.05, 0) is 0 Å². The molecule has 0 aliphatic carbocycles. The maximum atomic E-state index is 10.8. The van der Waals surface area contributed by atoms with Crippen LogP contribution in [0.2, 0.25) is 0 Å². The zero-order valence-electron chi connectivity index (χ0n) is 12.9. The van der Waals surface area contributed by atoms with E-state index in [4.69, 9.17) is 9.47 Å². The average molecular weight is 263 g/mol. The van der Waals surface area contributed by atoms with E-state index in [0.29, 0.717) is 26.2 Å². The minimum atomic E-state index is 0.00551. The normalized spacial score (nSPS) is 10.6. The van der Waals surface area contributed by atoms with E-state index in [1.807, 2.05) is 13.8 Å². The Balaban J connectivity index is 0. The van der Waals surface area contributed by atoms with Gasteiger partial charge < -0.3 is 19.3 Å². The summed E-state index contributed by atoms with van der Waals surface area (Å²) in [6.07, 6.45) is 0.412. The van der Waals surface area contributed by atoms with Crippen molar-refractivity contribution in [2.75, 3.05) is 61.2 Å². The van der Waals surface area contributed by atoms with Crippen molar-refractivity contribution in [2.24, 2.45) is 0 Å². The van der Waals surface area contributed by atoms with Crippen LogP contribution in [0.3, 0.4) is 0 Å². The summed E-state index contributed by atoms with van der Waals surface area (Å²) in [5.41, 5.74) is 0. The summed E-state index contributed by atoms with van der Waals surface area (Å²) >= 11 is 0. The summed E-state index contributed by atoms with van der Waals surface area (Å²) in [5, 5.41) is 2.54. The molecule has 1 amide bonds. The molecule has 0 heterocycles. The number of carbonyl (C=O) groups is 1. The number of hydrogen-bond acceptors (Lipinski definition) is 3. The van der Waals surface area contributed by atoms with Crippen molar-refractivity contribution < 1.29 is 18.8 Å². The van der Waals surface area contributed by atoms with E-state index in [9.17, 15) is 4.79 Å². The van der Waals surface area contributed by atoms with Crippen LogP contribution in [0.4, 0.5) is 0 Å². The molecule has 0 aromatic heterocycles. The van der Waals surface area contributed by atoms with Crippen molar-refractivity contribution in [1.29, 1.82) is 0 Å². The highest BCUT2D eigenvalue weighted by Gasteiger charge is 2.05. The second kappa shape index (κ2) is 12.8. The standard InChI is InChI=1S/C11H24N2O3.C2H6/c1-12-11(14)5-7-15-9-10-16-8-6-13(2,3)4;1-2/h5-10H2,1-4H3;1-2H3/p+1. The molecule has 5 nitrogen and oxygen atoms in total. The molecule has 1 N–H and O–H groups in total. The van der Waals surface area contributed by atoms with Gasteiger partial charge in [0.15, 0.2) is 0 Å². The molecule has 0 bridgehead atoms. The number of likely N-dealkylation sites (N-methyl/N-ethyl adjacent to an activating group) is 1. The van der Waals surface area contributed by atoms with Crippen LogP contribution in [0.5, 0.6) is 0 Å². The van der Waals surface area contributed by atoms with Gasteiger partial charge in [-0.15, -0.1) is 0 Å². The minimum absolute atomic E-state index is 0.00551. The van der Waals surface area contributed by atoms with E-state index in [1.165, 1.54) is 0 Å². The molecule has 0 aliphatic rings. The molecule has 0 unspecified atom stereocenters. The molecule has 0 aromatic rings. The molecule has 0 aromatic carbocycles. The molecule has 0 radical (unpaired) electrons. The van der Waals surface area contributed by atoms with Gasteiger partial charge in [-0.25, -0.2) is 0 Å². The van der Waals surface area contributed by atoms with Crippen LogP contribution in [-0.4, -0.2) is 71.6 Å². The third-order valence-corrected chi connectivity index (χ3v) is 2.03. The third kappa shape index (κ3) is 17.7. The largest absolute Gasteiger partial charge is 0.379 e. The van der Waals surface area contributed by atoms with Gasteiger partial charge in [-0.2, -0.15) is 0 Å². The maximum Gasteiger partial charge on any atom is 0.222 e. The van der Waals surface area contributed by atoms with Crippen LogP contribution in [0.15, 0.2) is 0 Å². The number of carbonyl (C=O) groups excluding carboxylic acids is 1. The zero-order valence-corrected chi connectivity index (χ0v) is 12.9. The fourth-order valence-corrected chi connectivity index (χ4v) is 0.950. The number of amides is 1. The molecule has 0 atom stereocenters. The molecule has 0 aliphatic heterocycles. The Morgan fingerprint density at radius 3 is 1.94 bits per heavy atom. The van der Waals surface area contributed by atoms with Gasteiger partial charge in [0.25, 0.3) is 0 Å². The third-order valence-electron chi connectivity index (χ3n) is 2.03. The quantitative estimate of drug-likeness (QED) is 0.496. The second-order valence-electron chi connectivity index (χ2n) is 4.66. The number of ether oxygens (including phenoxy) is 2. The van der Waals surface area contributed by atoms with Crippen LogP contribution in [0.1, 0.15) is 20.3 Å². The predicted molar refractivity (Wildman–Crippen MR) is 74.6 cm³/mol. The molecular weight excluding hydrogens is 232 g/mol.